The van der Waals surface area contributed by atoms with Crippen molar-refractivity contribution in [2.75, 3.05) is 0 Å². The number of fused-ring (bicyclic) bond motifs is 3. The van der Waals surface area contributed by atoms with Gasteiger partial charge in [-0.1, -0.05) is 36.4 Å². The number of hydrogen-bond donors (Lipinski definition) is 1. The monoisotopic (exact) mass is 214 g/mol. The maximum atomic E-state index is 10.4. The molecule has 1 N–H and O–H groups in total. The first kappa shape index (κ1) is 10.1. The Morgan fingerprint density at radius 1 is 1.31 bits per heavy atom. The van der Waals surface area contributed by atoms with Crippen molar-refractivity contribution >= 4 is 6.08 Å². The van der Waals surface area contributed by atoms with Crippen molar-refractivity contribution in [2.24, 2.45) is 5.92 Å². The first-order chi connectivity index (χ1) is 7.68. The van der Waals surface area contributed by atoms with E-state index < -0.39 is 5.60 Å². The first-order valence-electron chi connectivity index (χ1n) is 6.18. The van der Waals surface area contributed by atoms with Gasteiger partial charge in [0, 0.05) is 5.92 Å². The van der Waals surface area contributed by atoms with Gasteiger partial charge in [-0.25, -0.2) is 0 Å². The molecule has 1 fully saturated rings. The smallest absolute Gasteiger partial charge is 0.0688 e. The van der Waals surface area contributed by atoms with Crippen LogP contribution in [0.15, 0.2) is 30.3 Å². The Balaban J connectivity index is 2.07. The molecule has 1 nitrogen and oxygen atoms in total. The normalized spacial score (nSPS) is 36.6. The second-order valence-electron chi connectivity index (χ2n) is 5.37. The lowest BCUT2D eigenvalue weighted by Crippen LogP contribution is -2.41. The molecule has 2 aliphatic rings. The van der Waals surface area contributed by atoms with E-state index in [-0.39, 0.29) is 0 Å². The highest BCUT2D eigenvalue weighted by atomic mass is 16.3. The summed E-state index contributed by atoms with van der Waals surface area (Å²) >= 11 is 0. The first-order valence-corrected chi connectivity index (χ1v) is 6.18. The summed E-state index contributed by atoms with van der Waals surface area (Å²) in [6.45, 7) is 1.99. The molecule has 0 aliphatic heterocycles. The van der Waals surface area contributed by atoms with Crippen molar-refractivity contribution < 1.29 is 5.11 Å². The average Bonchev–Trinajstić information content (AvgIpc) is 2.28. The van der Waals surface area contributed by atoms with Gasteiger partial charge in [-0.05, 0) is 43.2 Å². The molecule has 2 aliphatic carbocycles. The van der Waals surface area contributed by atoms with E-state index in [0.29, 0.717) is 11.8 Å². The van der Waals surface area contributed by atoms with Crippen LogP contribution in [-0.4, -0.2) is 10.7 Å². The number of rotatable bonds is 0. The molecule has 1 aromatic rings. The van der Waals surface area contributed by atoms with E-state index in [0.717, 1.165) is 12.8 Å². The molecule has 84 valence electrons. The standard InChI is InChI=1S/C15H18O/c1-15(16)10-4-7-13-12-6-3-2-5-11(12)8-9-14(13)15/h2-3,5-6,8-9,13-14,16H,4,7,10H2,1H3/t13-,14+,15+/m0/s1. The Morgan fingerprint density at radius 3 is 3.00 bits per heavy atom. The van der Waals surface area contributed by atoms with Gasteiger partial charge in [0.05, 0.1) is 5.60 Å². The highest BCUT2D eigenvalue weighted by Gasteiger charge is 2.41. The molecule has 0 radical (unpaired) electrons. The van der Waals surface area contributed by atoms with Crippen LogP contribution in [-0.2, 0) is 0 Å². The molecule has 1 heteroatoms. The van der Waals surface area contributed by atoms with E-state index in [9.17, 15) is 5.11 Å². The van der Waals surface area contributed by atoms with Crippen LogP contribution < -0.4 is 0 Å². The van der Waals surface area contributed by atoms with Crippen molar-refractivity contribution in [3.05, 3.63) is 41.5 Å². The summed E-state index contributed by atoms with van der Waals surface area (Å²) in [5.41, 5.74) is 2.24. The summed E-state index contributed by atoms with van der Waals surface area (Å²) in [6, 6.07) is 8.59. The number of aliphatic hydroxyl groups is 1. The SMILES string of the molecule is C[C@@]1(O)CCC[C@H]2c3ccccc3C=C[C@H]21. The lowest BCUT2D eigenvalue weighted by Gasteiger charge is -2.43. The fourth-order valence-corrected chi connectivity index (χ4v) is 3.36. The van der Waals surface area contributed by atoms with Crippen LogP contribution in [0.2, 0.25) is 0 Å². The molecule has 1 saturated carbocycles. The van der Waals surface area contributed by atoms with Gasteiger partial charge in [0.25, 0.3) is 0 Å². The Morgan fingerprint density at radius 2 is 2.12 bits per heavy atom. The van der Waals surface area contributed by atoms with Crippen LogP contribution in [0.5, 0.6) is 0 Å². The zero-order valence-corrected chi connectivity index (χ0v) is 9.69. The second kappa shape index (κ2) is 3.46. The van der Waals surface area contributed by atoms with Gasteiger partial charge < -0.3 is 5.11 Å². The fourth-order valence-electron chi connectivity index (χ4n) is 3.36. The van der Waals surface area contributed by atoms with Crippen molar-refractivity contribution in [3.63, 3.8) is 0 Å². The molecule has 16 heavy (non-hydrogen) atoms. The predicted molar refractivity (Wildman–Crippen MR) is 66.2 cm³/mol. The third-order valence-electron chi connectivity index (χ3n) is 4.23. The van der Waals surface area contributed by atoms with E-state index in [4.69, 9.17) is 0 Å². The van der Waals surface area contributed by atoms with E-state index in [1.165, 1.54) is 17.5 Å². The van der Waals surface area contributed by atoms with Crippen molar-refractivity contribution in [3.8, 4) is 0 Å². The number of benzene rings is 1. The topological polar surface area (TPSA) is 20.2 Å². The van der Waals surface area contributed by atoms with Gasteiger partial charge in [0.2, 0.25) is 0 Å². The summed E-state index contributed by atoms with van der Waals surface area (Å²) in [5.74, 6) is 0.820. The van der Waals surface area contributed by atoms with Crippen molar-refractivity contribution in [1.82, 2.24) is 0 Å². The molecule has 3 rings (SSSR count). The lowest BCUT2D eigenvalue weighted by molar-refractivity contribution is -0.0223. The summed E-state index contributed by atoms with van der Waals surface area (Å²) in [4.78, 5) is 0. The molecular weight excluding hydrogens is 196 g/mol. The van der Waals surface area contributed by atoms with Gasteiger partial charge in [0.15, 0.2) is 0 Å². The summed E-state index contributed by atoms with van der Waals surface area (Å²) < 4.78 is 0. The molecule has 0 aromatic heterocycles. The Kier molecular flexibility index (Phi) is 2.18. The van der Waals surface area contributed by atoms with E-state index in [1.807, 2.05) is 6.92 Å². The molecule has 0 unspecified atom stereocenters. The molecular formula is C15H18O. The number of hydrogen-bond acceptors (Lipinski definition) is 1. The quantitative estimate of drug-likeness (QED) is 0.702. The van der Waals surface area contributed by atoms with Gasteiger partial charge in [-0.3, -0.25) is 0 Å². The lowest BCUT2D eigenvalue weighted by atomic mass is 9.64. The average molecular weight is 214 g/mol. The van der Waals surface area contributed by atoms with Crippen LogP contribution in [0.1, 0.15) is 43.2 Å². The van der Waals surface area contributed by atoms with Crippen molar-refractivity contribution in [1.29, 1.82) is 0 Å². The summed E-state index contributed by atoms with van der Waals surface area (Å²) in [5, 5.41) is 10.4. The molecule has 0 spiro atoms. The summed E-state index contributed by atoms with van der Waals surface area (Å²) in [7, 11) is 0. The van der Waals surface area contributed by atoms with Crippen LogP contribution in [0.25, 0.3) is 6.08 Å². The maximum absolute atomic E-state index is 10.4. The fraction of sp³-hybridized carbons (Fsp3) is 0.467. The van der Waals surface area contributed by atoms with Gasteiger partial charge >= 0.3 is 0 Å². The maximum Gasteiger partial charge on any atom is 0.0688 e. The van der Waals surface area contributed by atoms with Gasteiger partial charge in [-0.2, -0.15) is 0 Å². The Hall–Kier alpha value is -1.08. The largest absolute Gasteiger partial charge is 0.390 e. The zero-order chi connectivity index (χ0) is 11.2. The highest BCUT2D eigenvalue weighted by Crippen LogP contribution is 2.47. The zero-order valence-electron chi connectivity index (χ0n) is 9.69. The van der Waals surface area contributed by atoms with Gasteiger partial charge in [0.1, 0.15) is 0 Å². The second-order valence-corrected chi connectivity index (χ2v) is 5.37. The molecule has 0 amide bonds. The molecule has 0 bridgehead atoms. The van der Waals surface area contributed by atoms with Crippen LogP contribution >= 0.6 is 0 Å². The van der Waals surface area contributed by atoms with Crippen LogP contribution in [0, 0.1) is 5.92 Å². The van der Waals surface area contributed by atoms with Crippen molar-refractivity contribution in [2.45, 2.75) is 37.7 Å². The van der Waals surface area contributed by atoms with E-state index >= 15 is 0 Å². The van der Waals surface area contributed by atoms with Crippen LogP contribution in [0.4, 0.5) is 0 Å². The van der Waals surface area contributed by atoms with Gasteiger partial charge in [-0.15, -0.1) is 0 Å². The van der Waals surface area contributed by atoms with E-state index in [2.05, 4.69) is 36.4 Å². The molecule has 0 heterocycles. The van der Waals surface area contributed by atoms with Crippen LogP contribution in [0.3, 0.4) is 0 Å². The Labute approximate surface area is 96.8 Å². The predicted octanol–water partition coefficient (Wildman–Crippen LogP) is 3.35. The van der Waals surface area contributed by atoms with E-state index in [1.54, 1.807) is 0 Å². The minimum atomic E-state index is -0.521. The minimum absolute atomic E-state index is 0.302. The third kappa shape index (κ3) is 1.42. The minimum Gasteiger partial charge on any atom is -0.390 e. The highest BCUT2D eigenvalue weighted by molar-refractivity contribution is 5.59. The summed E-state index contributed by atoms with van der Waals surface area (Å²) in [6.07, 6.45) is 7.67. The Bertz CT molecular complexity index is 431. The molecule has 1 aromatic carbocycles. The molecule has 3 atom stereocenters. The molecule has 0 saturated heterocycles. The third-order valence-corrected chi connectivity index (χ3v) is 4.23.